The van der Waals surface area contributed by atoms with Crippen LogP contribution >= 0.6 is 0 Å². The average Bonchev–Trinajstić information content (AvgIpc) is 2.74. The van der Waals surface area contributed by atoms with E-state index >= 15 is 0 Å². The zero-order chi connectivity index (χ0) is 24.3. The molecule has 174 valence electrons. The van der Waals surface area contributed by atoms with Crippen LogP contribution < -0.4 is 9.47 Å². The monoisotopic (exact) mass is 452 g/mol. The van der Waals surface area contributed by atoms with Gasteiger partial charge in [-0.05, 0) is 29.5 Å². The van der Waals surface area contributed by atoms with Gasteiger partial charge in [0, 0.05) is 6.07 Å². The maximum atomic E-state index is 9.92. The SMILES string of the molecule is CCCCOc1cc(C#C[Si](C(C)C)(C(C)C)C(C)C)c(OCCCC)c(C#N)c1C#N. The highest BCUT2D eigenvalue weighted by atomic mass is 28.3. The largest absolute Gasteiger partial charge is 0.492 e. The topological polar surface area (TPSA) is 66.0 Å². The van der Waals surface area contributed by atoms with Crippen molar-refractivity contribution in [3.8, 4) is 35.1 Å². The number of benzene rings is 1. The van der Waals surface area contributed by atoms with E-state index in [9.17, 15) is 10.5 Å². The van der Waals surface area contributed by atoms with Crippen LogP contribution in [-0.4, -0.2) is 21.3 Å². The summed E-state index contributed by atoms with van der Waals surface area (Å²) in [4.78, 5) is 0. The number of ether oxygens (including phenoxy) is 2. The average molecular weight is 453 g/mol. The Balaban J connectivity index is 3.77. The molecule has 0 aliphatic rings. The van der Waals surface area contributed by atoms with Gasteiger partial charge in [-0.1, -0.05) is 74.2 Å². The minimum atomic E-state index is -1.97. The summed E-state index contributed by atoms with van der Waals surface area (Å²) < 4.78 is 12.0. The quantitative estimate of drug-likeness (QED) is 0.200. The van der Waals surface area contributed by atoms with Crippen LogP contribution in [0.25, 0.3) is 0 Å². The molecule has 0 N–H and O–H groups in total. The fourth-order valence-electron chi connectivity index (χ4n) is 4.47. The van der Waals surface area contributed by atoms with Gasteiger partial charge in [0.25, 0.3) is 0 Å². The van der Waals surface area contributed by atoms with Crippen molar-refractivity contribution in [3.63, 3.8) is 0 Å². The van der Waals surface area contributed by atoms with Crippen LogP contribution in [0.3, 0.4) is 0 Å². The van der Waals surface area contributed by atoms with E-state index in [1.165, 1.54) is 0 Å². The first kappa shape index (κ1) is 27.6. The second kappa shape index (κ2) is 13.2. The summed E-state index contributed by atoms with van der Waals surface area (Å²) in [5, 5.41) is 19.7. The third-order valence-electron chi connectivity index (χ3n) is 6.25. The molecule has 0 radical (unpaired) electrons. The molecule has 0 heterocycles. The zero-order valence-corrected chi connectivity index (χ0v) is 22.3. The molecule has 0 aliphatic heterocycles. The van der Waals surface area contributed by atoms with Crippen molar-refractivity contribution in [2.24, 2.45) is 0 Å². The molecule has 0 saturated heterocycles. The first-order valence-electron chi connectivity index (χ1n) is 12.0. The van der Waals surface area contributed by atoms with E-state index in [0.29, 0.717) is 46.9 Å². The Morgan fingerprint density at radius 2 is 1.31 bits per heavy atom. The third-order valence-corrected chi connectivity index (χ3v) is 12.5. The van der Waals surface area contributed by atoms with Gasteiger partial charge in [-0.25, -0.2) is 0 Å². The summed E-state index contributed by atoms with van der Waals surface area (Å²) in [6, 6.07) is 6.16. The van der Waals surface area contributed by atoms with Crippen LogP contribution in [0, 0.1) is 34.1 Å². The molecule has 1 aromatic carbocycles. The molecule has 1 rings (SSSR count). The second-order valence-electron chi connectivity index (χ2n) is 9.28. The second-order valence-corrected chi connectivity index (χ2v) is 14.9. The number of nitriles is 2. The van der Waals surface area contributed by atoms with E-state index in [0.717, 1.165) is 25.7 Å². The van der Waals surface area contributed by atoms with Crippen molar-refractivity contribution >= 4 is 8.07 Å². The highest BCUT2D eigenvalue weighted by Crippen LogP contribution is 2.41. The van der Waals surface area contributed by atoms with E-state index in [4.69, 9.17) is 9.47 Å². The van der Waals surface area contributed by atoms with Crippen molar-refractivity contribution < 1.29 is 9.47 Å². The Bertz CT molecular complexity index is 874. The molecular formula is C27H40N2O2Si. The van der Waals surface area contributed by atoms with Gasteiger partial charge in [-0.2, -0.15) is 10.5 Å². The lowest BCUT2D eigenvalue weighted by Gasteiger charge is -2.38. The van der Waals surface area contributed by atoms with Gasteiger partial charge in [-0.3, -0.25) is 0 Å². The summed E-state index contributed by atoms with van der Waals surface area (Å²) in [7, 11) is -1.97. The Hall–Kier alpha value is -2.42. The normalized spacial score (nSPS) is 11.2. The molecule has 4 nitrogen and oxygen atoms in total. The van der Waals surface area contributed by atoms with Gasteiger partial charge in [0.15, 0.2) is 5.75 Å². The van der Waals surface area contributed by atoms with Crippen LogP contribution in [0.15, 0.2) is 6.07 Å². The first-order chi connectivity index (χ1) is 15.2. The summed E-state index contributed by atoms with van der Waals surface area (Å²) in [6.45, 7) is 18.8. The smallest absolute Gasteiger partial charge is 0.154 e. The predicted octanol–water partition coefficient (Wildman–Crippen LogP) is 7.36. The van der Waals surface area contributed by atoms with Gasteiger partial charge >= 0.3 is 0 Å². The van der Waals surface area contributed by atoms with Gasteiger partial charge in [-0.15, -0.1) is 5.54 Å². The van der Waals surface area contributed by atoms with Crippen molar-refractivity contribution in [1.82, 2.24) is 0 Å². The molecule has 0 aromatic heterocycles. The Morgan fingerprint density at radius 3 is 1.75 bits per heavy atom. The zero-order valence-electron chi connectivity index (χ0n) is 21.3. The van der Waals surface area contributed by atoms with E-state index in [2.05, 4.69) is 79.0 Å². The molecule has 0 amide bonds. The summed E-state index contributed by atoms with van der Waals surface area (Å²) in [5.74, 6) is 4.28. The van der Waals surface area contributed by atoms with Crippen LogP contribution in [0.2, 0.25) is 16.6 Å². The van der Waals surface area contributed by atoms with E-state index in [1.807, 2.05) is 6.07 Å². The standard InChI is InChI=1S/C27H40N2O2Si/c1-9-11-14-30-26-17-23(13-16-32(20(3)4,21(5)6)22(7)8)27(31-15-12-10-2)25(19-29)24(26)18-28/h17,20-22H,9-12,14-15H2,1-8H3. The molecule has 0 atom stereocenters. The van der Waals surface area contributed by atoms with Crippen LogP contribution in [0.1, 0.15) is 97.8 Å². The molecular weight excluding hydrogens is 412 g/mol. The number of unbranched alkanes of at least 4 members (excludes halogenated alkanes) is 2. The fraction of sp³-hybridized carbons (Fsp3) is 0.630. The lowest BCUT2D eigenvalue weighted by molar-refractivity contribution is 0.299. The minimum Gasteiger partial charge on any atom is -0.492 e. The maximum Gasteiger partial charge on any atom is 0.154 e. The molecule has 0 bridgehead atoms. The lowest BCUT2D eigenvalue weighted by atomic mass is 10.0. The van der Waals surface area contributed by atoms with E-state index in [-0.39, 0.29) is 11.1 Å². The molecule has 0 saturated carbocycles. The molecule has 0 aliphatic carbocycles. The van der Waals surface area contributed by atoms with Crippen molar-refractivity contribution in [2.75, 3.05) is 13.2 Å². The molecule has 1 aromatic rings. The number of nitrogens with zero attached hydrogens (tertiary/aromatic N) is 2. The molecule has 5 heteroatoms. The predicted molar refractivity (Wildman–Crippen MR) is 135 cm³/mol. The Kier molecular flexibility index (Phi) is 11.4. The van der Waals surface area contributed by atoms with Gasteiger partial charge in [0.1, 0.15) is 37.1 Å². The highest BCUT2D eigenvalue weighted by molar-refractivity contribution is 6.90. The summed E-state index contributed by atoms with van der Waals surface area (Å²) in [6.07, 6.45) is 3.73. The van der Waals surface area contributed by atoms with Crippen molar-refractivity contribution in [2.45, 2.75) is 97.7 Å². The van der Waals surface area contributed by atoms with Crippen molar-refractivity contribution in [3.05, 3.63) is 22.8 Å². The summed E-state index contributed by atoms with van der Waals surface area (Å²) >= 11 is 0. The van der Waals surface area contributed by atoms with E-state index < -0.39 is 8.07 Å². The lowest BCUT2D eigenvalue weighted by Crippen LogP contribution is -2.43. The van der Waals surface area contributed by atoms with E-state index in [1.54, 1.807) is 0 Å². The number of rotatable bonds is 11. The molecule has 32 heavy (non-hydrogen) atoms. The van der Waals surface area contributed by atoms with Crippen LogP contribution in [0.4, 0.5) is 0 Å². The van der Waals surface area contributed by atoms with Crippen LogP contribution in [0.5, 0.6) is 11.5 Å². The molecule has 0 unspecified atom stereocenters. The first-order valence-corrected chi connectivity index (χ1v) is 14.2. The Morgan fingerprint density at radius 1 is 0.812 bits per heavy atom. The van der Waals surface area contributed by atoms with Crippen LogP contribution in [-0.2, 0) is 0 Å². The summed E-state index contributed by atoms with van der Waals surface area (Å²) in [5.41, 5.74) is 6.33. The Labute approximate surface area is 196 Å². The maximum absolute atomic E-state index is 9.92. The minimum absolute atomic E-state index is 0.229. The third kappa shape index (κ3) is 6.31. The molecule has 0 fully saturated rings. The van der Waals surface area contributed by atoms with Gasteiger partial charge in [0.2, 0.25) is 0 Å². The number of hydrogen-bond acceptors (Lipinski definition) is 4. The fourth-order valence-corrected chi connectivity index (χ4v) is 9.69. The van der Waals surface area contributed by atoms with Crippen molar-refractivity contribution in [1.29, 1.82) is 10.5 Å². The highest BCUT2D eigenvalue weighted by Gasteiger charge is 2.41. The molecule has 0 spiro atoms. The van der Waals surface area contributed by atoms with Gasteiger partial charge in [0.05, 0.1) is 18.8 Å². The van der Waals surface area contributed by atoms with Gasteiger partial charge < -0.3 is 9.47 Å². The number of hydrogen-bond donors (Lipinski definition) is 0.